The van der Waals surface area contributed by atoms with Gasteiger partial charge in [-0.15, -0.1) is 0 Å². The third kappa shape index (κ3) is 2.02. The molecule has 1 aliphatic rings. The number of pyridine rings is 1. The maximum absolute atomic E-state index is 13.8. The topological polar surface area (TPSA) is 38.9 Å². The lowest BCUT2D eigenvalue weighted by Crippen LogP contribution is -2.20. The predicted molar refractivity (Wildman–Crippen MR) is 68.6 cm³/mol. The van der Waals surface area contributed by atoms with E-state index in [1.54, 1.807) is 12.3 Å². The number of aryl methyl sites for hydroxylation is 1. The maximum Gasteiger partial charge on any atom is 0.163 e. The third-order valence-electron chi connectivity index (χ3n) is 3.78. The summed E-state index contributed by atoms with van der Waals surface area (Å²) in [6.45, 7) is 0. The molecule has 0 saturated carbocycles. The lowest BCUT2D eigenvalue weighted by Gasteiger charge is -2.20. The summed E-state index contributed by atoms with van der Waals surface area (Å²) in [5, 5.41) is 0. The number of halogens is 2. The molecule has 0 amide bonds. The summed E-state index contributed by atoms with van der Waals surface area (Å²) in [5.74, 6) is -1.75. The first-order valence-corrected chi connectivity index (χ1v) is 6.31. The van der Waals surface area contributed by atoms with Crippen molar-refractivity contribution in [3.05, 3.63) is 65.0 Å². The molecule has 0 saturated heterocycles. The smallest absolute Gasteiger partial charge is 0.163 e. The first-order chi connectivity index (χ1) is 9.18. The highest BCUT2D eigenvalue weighted by Gasteiger charge is 2.31. The van der Waals surface area contributed by atoms with Crippen LogP contribution < -0.4 is 5.73 Å². The van der Waals surface area contributed by atoms with Crippen LogP contribution in [0, 0.1) is 11.6 Å². The van der Waals surface area contributed by atoms with Crippen molar-refractivity contribution in [2.75, 3.05) is 0 Å². The van der Waals surface area contributed by atoms with Gasteiger partial charge in [-0.1, -0.05) is 18.2 Å². The molecule has 0 aliphatic heterocycles. The van der Waals surface area contributed by atoms with Gasteiger partial charge in [0.2, 0.25) is 0 Å². The van der Waals surface area contributed by atoms with E-state index in [1.165, 1.54) is 6.07 Å². The molecule has 19 heavy (non-hydrogen) atoms. The Hall–Kier alpha value is -1.81. The number of hydrogen-bond acceptors (Lipinski definition) is 2. The number of nitrogens with two attached hydrogens (primary N) is 1. The second-order valence-electron chi connectivity index (χ2n) is 4.86. The summed E-state index contributed by atoms with van der Waals surface area (Å²) in [7, 11) is 0. The Bertz CT molecular complexity index is 613. The zero-order valence-electron chi connectivity index (χ0n) is 10.3. The maximum atomic E-state index is 13.8. The summed E-state index contributed by atoms with van der Waals surface area (Å²) in [5.41, 5.74) is 8.43. The summed E-state index contributed by atoms with van der Waals surface area (Å²) < 4.78 is 27.1. The van der Waals surface area contributed by atoms with E-state index < -0.39 is 17.7 Å². The number of benzene rings is 1. The standard InChI is InChI=1S/C15H14F2N2/c16-12-5-1-4-10(13(12)17)14(18)11-7-6-9-3-2-8-19-15(9)11/h1-5,8,11,14H,6-7,18H2. The molecule has 0 radical (unpaired) electrons. The van der Waals surface area contributed by atoms with Crippen LogP contribution in [-0.2, 0) is 6.42 Å². The van der Waals surface area contributed by atoms with Crippen LogP contribution in [0.3, 0.4) is 0 Å². The normalized spacial score (nSPS) is 19.2. The highest BCUT2D eigenvalue weighted by atomic mass is 19.2. The van der Waals surface area contributed by atoms with Gasteiger partial charge < -0.3 is 5.73 Å². The molecule has 4 heteroatoms. The van der Waals surface area contributed by atoms with Crippen molar-refractivity contribution in [2.24, 2.45) is 5.73 Å². The van der Waals surface area contributed by atoms with Crippen molar-refractivity contribution in [3.63, 3.8) is 0 Å². The van der Waals surface area contributed by atoms with Crippen LogP contribution in [0.1, 0.15) is 35.2 Å². The molecule has 1 aliphatic carbocycles. The molecule has 1 heterocycles. The van der Waals surface area contributed by atoms with Gasteiger partial charge in [-0.2, -0.15) is 0 Å². The Morgan fingerprint density at radius 2 is 2.05 bits per heavy atom. The van der Waals surface area contributed by atoms with Gasteiger partial charge in [0, 0.05) is 29.4 Å². The molecule has 2 atom stereocenters. The van der Waals surface area contributed by atoms with Gasteiger partial charge in [0.1, 0.15) is 0 Å². The fourth-order valence-electron chi connectivity index (χ4n) is 2.79. The molecule has 3 rings (SSSR count). The van der Waals surface area contributed by atoms with Crippen molar-refractivity contribution < 1.29 is 8.78 Å². The first kappa shape index (κ1) is 12.2. The van der Waals surface area contributed by atoms with E-state index in [-0.39, 0.29) is 11.5 Å². The number of hydrogen-bond donors (Lipinski definition) is 1. The van der Waals surface area contributed by atoms with E-state index in [9.17, 15) is 8.78 Å². The van der Waals surface area contributed by atoms with Crippen molar-refractivity contribution in [1.82, 2.24) is 4.98 Å². The van der Waals surface area contributed by atoms with Gasteiger partial charge >= 0.3 is 0 Å². The highest BCUT2D eigenvalue weighted by Crippen LogP contribution is 2.39. The molecule has 1 aromatic heterocycles. The lowest BCUT2D eigenvalue weighted by molar-refractivity contribution is 0.465. The molecular weight excluding hydrogens is 246 g/mol. The summed E-state index contributed by atoms with van der Waals surface area (Å²) >= 11 is 0. The van der Waals surface area contributed by atoms with Gasteiger partial charge in [-0.05, 0) is 30.5 Å². The first-order valence-electron chi connectivity index (χ1n) is 6.31. The molecular formula is C15H14F2N2. The van der Waals surface area contributed by atoms with Crippen LogP contribution in [0.2, 0.25) is 0 Å². The molecule has 0 fully saturated rings. The fourth-order valence-corrected chi connectivity index (χ4v) is 2.79. The van der Waals surface area contributed by atoms with Crippen molar-refractivity contribution in [2.45, 2.75) is 24.8 Å². The number of fused-ring (bicyclic) bond motifs is 1. The Labute approximate surface area is 110 Å². The number of nitrogens with zero attached hydrogens (tertiary/aromatic N) is 1. The Morgan fingerprint density at radius 1 is 1.21 bits per heavy atom. The van der Waals surface area contributed by atoms with Gasteiger partial charge in [0.05, 0.1) is 0 Å². The summed E-state index contributed by atoms with van der Waals surface area (Å²) in [4.78, 5) is 4.34. The van der Waals surface area contributed by atoms with E-state index in [2.05, 4.69) is 4.98 Å². The molecule has 2 aromatic rings. The molecule has 1 aromatic carbocycles. The Balaban J connectivity index is 1.98. The molecule has 2 unspecified atom stereocenters. The van der Waals surface area contributed by atoms with E-state index in [4.69, 9.17) is 5.73 Å². The minimum absolute atomic E-state index is 0.0486. The summed E-state index contributed by atoms with van der Waals surface area (Å²) in [6.07, 6.45) is 3.42. The van der Waals surface area contributed by atoms with Crippen LogP contribution >= 0.6 is 0 Å². The van der Waals surface area contributed by atoms with Gasteiger partial charge in [-0.3, -0.25) is 4.98 Å². The average Bonchev–Trinajstić information content (AvgIpc) is 2.85. The van der Waals surface area contributed by atoms with E-state index in [1.807, 2.05) is 12.1 Å². The van der Waals surface area contributed by atoms with E-state index in [0.717, 1.165) is 30.2 Å². The highest BCUT2D eigenvalue weighted by molar-refractivity contribution is 5.34. The minimum Gasteiger partial charge on any atom is -0.323 e. The van der Waals surface area contributed by atoms with Crippen molar-refractivity contribution >= 4 is 0 Å². The Morgan fingerprint density at radius 3 is 2.89 bits per heavy atom. The molecule has 98 valence electrons. The summed E-state index contributed by atoms with van der Waals surface area (Å²) in [6, 6.07) is 7.47. The minimum atomic E-state index is -0.854. The van der Waals surface area contributed by atoms with Gasteiger partial charge in [0.15, 0.2) is 11.6 Å². The van der Waals surface area contributed by atoms with Crippen LogP contribution in [0.15, 0.2) is 36.5 Å². The van der Waals surface area contributed by atoms with Crippen molar-refractivity contribution in [1.29, 1.82) is 0 Å². The number of aromatic nitrogens is 1. The zero-order valence-corrected chi connectivity index (χ0v) is 10.3. The fraction of sp³-hybridized carbons (Fsp3) is 0.267. The van der Waals surface area contributed by atoms with Crippen molar-refractivity contribution in [3.8, 4) is 0 Å². The third-order valence-corrected chi connectivity index (χ3v) is 3.78. The zero-order chi connectivity index (χ0) is 13.4. The van der Waals surface area contributed by atoms with E-state index in [0.29, 0.717) is 0 Å². The SMILES string of the molecule is NC(c1cccc(F)c1F)C1CCc2cccnc21. The van der Waals surface area contributed by atoms with Crippen LogP contribution in [0.4, 0.5) is 8.78 Å². The number of rotatable bonds is 2. The van der Waals surface area contributed by atoms with Gasteiger partial charge in [-0.25, -0.2) is 8.78 Å². The molecule has 2 nitrogen and oxygen atoms in total. The average molecular weight is 260 g/mol. The monoisotopic (exact) mass is 260 g/mol. The van der Waals surface area contributed by atoms with Gasteiger partial charge in [0.25, 0.3) is 0 Å². The molecule has 2 N–H and O–H groups in total. The lowest BCUT2D eigenvalue weighted by atomic mass is 9.91. The largest absolute Gasteiger partial charge is 0.323 e. The predicted octanol–water partition coefficient (Wildman–Crippen LogP) is 3.09. The van der Waals surface area contributed by atoms with Crippen LogP contribution in [-0.4, -0.2) is 4.98 Å². The van der Waals surface area contributed by atoms with E-state index >= 15 is 0 Å². The second-order valence-corrected chi connectivity index (χ2v) is 4.86. The Kier molecular flexibility index (Phi) is 3.03. The second kappa shape index (κ2) is 4.70. The molecule has 0 spiro atoms. The quantitative estimate of drug-likeness (QED) is 0.901. The van der Waals surface area contributed by atoms with Crippen LogP contribution in [0.5, 0.6) is 0 Å². The molecule has 0 bridgehead atoms. The van der Waals surface area contributed by atoms with Crippen LogP contribution in [0.25, 0.3) is 0 Å².